The zero-order chi connectivity index (χ0) is 17.3. The van der Waals surface area contributed by atoms with Crippen molar-refractivity contribution in [3.05, 3.63) is 90.0 Å². The van der Waals surface area contributed by atoms with Crippen LogP contribution in [0.15, 0.2) is 78.9 Å². The molecule has 25 heavy (non-hydrogen) atoms. The van der Waals surface area contributed by atoms with Gasteiger partial charge < -0.3 is 4.74 Å². The van der Waals surface area contributed by atoms with Crippen molar-refractivity contribution in [3.8, 4) is 0 Å². The third-order valence-corrected chi connectivity index (χ3v) is 5.15. The summed E-state index contributed by atoms with van der Waals surface area (Å²) in [5.41, 5.74) is 1.64. The summed E-state index contributed by atoms with van der Waals surface area (Å²) in [6.07, 6.45) is 5.03. The van der Waals surface area contributed by atoms with Crippen LogP contribution in [0.3, 0.4) is 0 Å². The van der Waals surface area contributed by atoms with Crippen LogP contribution in [0.25, 0.3) is 16.8 Å². The molecule has 1 aliphatic carbocycles. The van der Waals surface area contributed by atoms with E-state index in [0.717, 1.165) is 22.9 Å². The van der Waals surface area contributed by atoms with Gasteiger partial charge in [-0.25, -0.2) is 0 Å². The highest BCUT2D eigenvalue weighted by atomic mass is 16.5. The lowest BCUT2D eigenvalue weighted by Crippen LogP contribution is -2.24. The van der Waals surface area contributed by atoms with Crippen molar-refractivity contribution in [1.82, 2.24) is 0 Å². The number of allylic oxidation sites excluding steroid dienone is 1. The molecule has 0 aromatic heterocycles. The second-order valence-corrected chi connectivity index (χ2v) is 6.61. The third-order valence-electron chi connectivity index (χ3n) is 5.15. The molecule has 2 heteroatoms. The highest BCUT2D eigenvalue weighted by Gasteiger charge is 2.60. The highest BCUT2D eigenvalue weighted by molar-refractivity contribution is 5.91. The van der Waals surface area contributed by atoms with Crippen LogP contribution in [-0.4, -0.2) is 13.1 Å². The zero-order valence-electron chi connectivity index (χ0n) is 14.2. The maximum absolute atomic E-state index is 12.6. The van der Waals surface area contributed by atoms with E-state index in [4.69, 9.17) is 4.74 Å². The molecule has 1 aliphatic rings. The van der Waals surface area contributed by atoms with Gasteiger partial charge in [0, 0.05) is 0 Å². The maximum Gasteiger partial charge on any atom is 0.316 e. The average molecular weight is 328 g/mol. The second kappa shape index (κ2) is 6.21. The van der Waals surface area contributed by atoms with E-state index in [1.165, 1.54) is 12.5 Å². The van der Waals surface area contributed by atoms with Gasteiger partial charge in [-0.05, 0) is 40.3 Å². The Hall–Kier alpha value is -2.87. The van der Waals surface area contributed by atoms with E-state index in [1.807, 2.05) is 30.3 Å². The standard InChI is InChI=1S/C23H20O2/c1-25-22(24)23(16-21(23)13-11-17-7-3-2-4-8-17)20-14-12-18-9-5-6-10-19(18)15-20/h2-15,21H,16H2,1H3/b13-11+. The first kappa shape index (κ1) is 15.6. The molecule has 124 valence electrons. The summed E-state index contributed by atoms with van der Waals surface area (Å²) in [5, 5.41) is 2.34. The Kier molecular flexibility index (Phi) is 3.89. The van der Waals surface area contributed by atoms with E-state index in [-0.39, 0.29) is 11.9 Å². The fourth-order valence-corrected chi connectivity index (χ4v) is 3.65. The zero-order valence-corrected chi connectivity index (χ0v) is 14.2. The topological polar surface area (TPSA) is 26.3 Å². The molecule has 1 fully saturated rings. The number of carbonyl (C=O) groups is 1. The van der Waals surface area contributed by atoms with Crippen LogP contribution in [0, 0.1) is 5.92 Å². The molecule has 0 spiro atoms. The van der Waals surface area contributed by atoms with Gasteiger partial charge in [-0.2, -0.15) is 0 Å². The number of esters is 1. The summed E-state index contributed by atoms with van der Waals surface area (Å²) in [7, 11) is 1.47. The van der Waals surface area contributed by atoms with E-state index < -0.39 is 5.41 Å². The van der Waals surface area contributed by atoms with Gasteiger partial charge >= 0.3 is 5.97 Å². The fraction of sp³-hybridized carbons (Fsp3) is 0.174. The van der Waals surface area contributed by atoms with Crippen LogP contribution in [-0.2, 0) is 14.9 Å². The summed E-state index contributed by atoms with van der Waals surface area (Å²) in [6, 6.07) is 24.7. The number of carbonyl (C=O) groups excluding carboxylic acids is 1. The quantitative estimate of drug-likeness (QED) is 0.631. The van der Waals surface area contributed by atoms with E-state index >= 15 is 0 Å². The Labute approximate surface area is 147 Å². The van der Waals surface area contributed by atoms with Gasteiger partial charge in [0.05, 0.1) is 12.5 Å². The minimum Gasteiger partial charge on any atom is -0.468 e. The summed E-state index contributed by atoms with van der Waals surface area (Å²) in [6.45, 7) is 0. The molecule has 0 N–H and O–H groups in total. The first-order valence-corrected chi connectivity index (χ1v) is 8.55. The number of methoxy groups -OCH3 is 1. The molecule has 0 amide bonds. The number of hydrogen-bond donors (Lipinski definition) is 0. The van der Waals surface area contributed by atoms with Crippen LogP contribution in [0.1, 0.15) is 17.5 Å². The monoisotopic (exact) mass is 328 g/mol. The smallest absolute Gasteiger partial charge is 0.316 e. The van der Waals surface area contributed by atoms with E-state index in [9.17, 15) is 4.79 Å². The largest absolute Gasteiger partial charge is 0.468 e. The predicted octanol–water partition coefficient (Wildman–Crippen LogP) is 4.98. The second-order valence-electron chi connectivity index (χ2n) is 6.61. The first-order valence-electron chi connectivity index (χ1n) is 8.55. The van der Waals surface area contributed by atoms with Crippen molar-refractivity contribution in [2.45, 2.75) is 11.8 Å². The Morgan fingerprint density at radius 1 is 1.00 bits per heavy atom. The molecule has 0 saturated heterocycles. The van der Waals surface area contributed by atoms with Gasteiger partial charge in [0.15, 0.2) is 0 Å². The molecule has 3 aromatic rings. The van der Waals surface area contributed by atoms with Crippen LogP contribution < -0.4 is 0 Å². The molecule has 0 heterocycles. The minimum absolute atomic E-state index is 0.148. The van der Waals surface area contributed by atoms with Crippen molar-refractivity contribution in [3.63, 3.8) is 0 Å². The molecule has 2 nitrogen and oxygen atoms in total. The molecule has 1 saturated carbocycles. The van der Waals surface area contributed by atoms with Gasteiger partial charge in [-0.15, -0.1) is 0 Å². The molecule has 2 atom stereocenters. The van der Waals surface area contributed by atoms with Gasteiger partial charge in [0.1, 0.15) is 0 Å². The molecular formula is C23H20O2. The number of rotatable bonds is 4. The van der Waals surface area contributed by atoms with E-state index in [1.54, 1.807) is 0 Å². The maximum atomic E-state index is 12.6. The Morgan fingerprint density at radius 2 is 1.72 bits per heavy atom. The predicted molar refractivity (Wildman–Crippen MR) is 101 cm³/mol. The van der Waals surface area contributed by atoms with Crippen LogP contribution in [0.2, 0.25) is 0 Å². The van der Waals surface area contributed by atoms with Crippen molar-refractivity contribution < 1.29 is 9.53 Å². The van der Waals surface area contributed by atoms with Crippen LogP contribution >= 0.6 is 0 Å². The molecule has 0 radical (unpaired) electrons. The number of ether oxygens (including phenoxy) is 1. The molecule has 2 unspecified atom stereocenters. The minimum atomic E-state index is -0.552. The molecular weight excluding hydrogens is 308 g/mol. The molecule has 0 bridgehead atoms. The summed E-state index contributed by atoms with van der Waals surface area (Å²) < 4.78 is 5.15. The third kappa shape index (κ3) is 2.74. The Bertz CT molecular complexity index is 942. The Balaban J connectivity index is 1.69. The summed E-state index contributed by atoms with van der Waals surface area (Å²) in [4.78, 5) is 12.6. The molecule has 4 rings (SSSR count). The SMILES string of the molecule is COC(=O)C1(c2ccc3ccccc3c2)CC1/C=C/c1ccccc1. The average Bonchev–Trinajstić information content (AvgIpc) is 3.42. The van der Waals surface area contributed by atoms with Gasteiger partial charge in [0.2, 0.25) is 0 Å². The number of fused-ring (bicyclic) bond motifs is 1. The van der Waals surface area contributed by atoms with Crippen molar-refractivity contribution in [2.24, 2.45) is 5.92 Å². The first-order chi connectivity index (χ1) is 12.2. The number of hydrogen-bond acceptors (Lipinski definition) is 2. The lowest BCUT2D eigenvalue weighted by Gasteiger charge is -2.15. The lowest BCUT2D eigenvalue weighted by molar-refractivity contribution is -0.144. The van der Waals surface area contributed by atoms with Crippen LogP contribution in [0.5, 0.6) is 0 Å². The molecule has 0 aliphatic heterocycles. The van der Waals surface area contributed by atoms with E-state index in [0.29, 0.717) is 0 Å². The van der Waals surface area contributed by atoms with Gasteiger partial charge in [0.25, 0.3) is 0 Å². The van der Waals surface area contributed by atoms with Gasteiger partial charge in [-0.3, -0.25) is 4.79 Å². The fourth-order valence-electron chi connectivity index (χ4n) is 3.65. The van der Waals surface area contributed by atoms with Crippen LogP contribution in [0.4, 0.5) is 0 Å². The Morgan fingerprint density at radius 3 is 2.48 bits per heavy atom. The van der Waals surface area contributed by atoms with Crippen molar-refractivity contribution in [2.75, 3.05) is 7.11 Å². The number of benzene rings is 3. The summed E-state index contributed by atoms with van der Waals surface area (Å²) in [5.74, 6) is 0.0202. The van der Waals surface area contributed by atoms with Crippen molar-refractivity contribution >= 4 is 22.8 Å². The van der Waals surface area contributed by atoms with E-state index in [2.05, 4.69) is 54.6 Å². The normalized spacial score (nSPS) is 22.2. The lowest BCUT2D eigenvalue weighted by atomic mass is 9.91. The summed E-state index contributed by atoms with van der Waals surface area (Å²) >= 11 is 0. The molecule has 3 aromatic carbocycles. The van der Waals surface area contributed by atoms with Gasteiger partial charge in [-0.1, -0.05) is 78.9 Å². The highest BCUT2D eigenvalue weighted by Crippen LogP contribution is 2.56. The van der Waals surface area contributed by atoms with Crippen molar-refractivity contribution in [1.29, 1.82) is 0 Å².